The lowest BCUT2D eigenvalue weighted by Gasteiger charge is -2.15. The third-order valence-corrected chi connectivity index (χ3v) is 9.65. The van der Waals surface area contributed by atoms with E-state index < -0.39 is 0 Å². The molecule has 0 aliphatic rings. The molecule has 8 aromatic carbocycles. The third kappa shape index (κ3) is 4.51. The second kappa shape index (κ2) is 11.0. The van der Waals surface area contributed by atoms with Crippen LogP contribution in [0.4, 0.5) is 0 Å². The van der Waals surface area contributed by atoms with Gasteiger partial charge in [-0.2, -0.15) is 0 Å². The average molecular weight is 625 g/mol. The highest BCUT2D eigenvalue weighted by Crippen LogP contribution is 2.41. The Morgan fingerprint density at radius 1 is 0.367 bits per heavy atom. The van der Waals surface area contributed by atoms with Crippen LogP contribution >= 0.6 is 0 Å². The molecule has 0 radical (unpaired) electrons. The summed E-state index contributed by atoms with van der Waals surface area (Å²) in [7, 11) is 0. The van der Waals surface area contributed by atoms with E-state index in [1.165, 1.54) is 37.9 Å². The fourth-order valence-electron chi connectivity index (χ4n) is 7.40. The summed E-state index contributed by atoms with van der Waals surface area (Å²) in [6.07, 6.45) is 0. The average Bonchev–Trinajstić information content (AvgIpc) is 3.56. The van der Waals surface area contributed by atoms with E-state index in [9.17, 15) is 0 Å². The van der Waals surface area contributed by atoms with E-state index >= 15 is 0 Å². The van der Waals surface area contributed by atoms with Crippen molar-refractivity contribution in [1.29, 1.82) is 0 Å². The summed E-state index contributed by atoms with van der Waals surface area (Å²) in [4.78, 5) is 10.4. The first-order valence-electron chi connectivity index (χ1n) is 16.6. The fourth-order valence-corrected chi connectivity index (χ4v) is 7.40. The molecule has 3 heteroatoms. The molecule has 0 aliphatic heterocycles. The number of nitrogens with zero attached hydrogens (tertiary/aromatic N) is 2. The monoisotopic (exact) mass is 624 g/mol. The highest BCUT2D eigenvalue weighted by atomic mass is 16.3. The topological polar surface area (TPSA) is 38.9 Å². The Morgan fingerprint density at radius 2 is 1.04 bits per heavy atom. The zero-order chi connectivity index (χ0) is 32.3. The smallest absolute Gasteiger partial charge is 0.160 e. The van der Waals surface area contributed by atoms with Crippen LogP contribution in [0.3, 0.4) is 0 Å². The number of rotatable bonds is 4. The Morgan fingerprint density at radius 3 is 1.94 bits per heavy atom. The van der Waals surface area contributed by atoms with Gasteiger partial charge in [0.2, 0.25) is 0 Å². The lowest BCUT2D eigenvalue weighted by atomic mass is 9.89. The van der Waals surface area contributed by atoms with Gasteiger partial charge in [-0.25, -0.2) is 9.97 Å². The van der Waals surface area contributed by atoms with Gasteiger partial charge in [-0.1, -0.05) is 140 Å². The van der Waals surface area contributed by atoms with Crippen molar-refractivity contribution < 1.29 is 4.42 Å². The first kappa shape index (κ1) is 27.5. The number of fused-ring (bicyclic) bond motifs is 7. The molecule has 0 N–H and O–H groups in total. The lowest BCUT2D eigenvalue weighted by molar-refractivity contribution is 0.669. The maximum absolute atomic E-state index is 6.26. The van der Waals surface area contributed by atoms with Gasteiger partial charge < -0.3 is 4.42 Å². The number of benzene rings is 8. The number of para-hydroxylation sites is 1. The summed E-state index contributed by atoms with van der Waals surface area (Å²) in [5.74, 6) is 0.686. The van der Waals surface area contributed by atoms with Gasteiger partial charge in [0.15, 0.2) is 5.82 Å². The van der Waals surface area contributed by atoms with Gasteiger partial charge in [-0.3, -0.25) is 0 Å². The van der Waals surface area contributed by atoms with Crippen LogP contribution in [0.25, 0.3) is 99.3 Å². The molecule has 0 saturated heterocycles. The summed E-state index contributed by atoms with van der Waals surface area (Å²) in [6.45, 7) is 0. The molecule has 0 unspecified atom stereocenters. The van der Waals surface area contributed by atoms with Crippen molar-refractivity contribution in [3.8, 4) is 45.0 Å². The van der Waals surface area contributed by atoms with E-state index in [1.54, 1.807) is 0 Å². The van der Waals surface area contributed by atoms with E-state index in [0.29, 0.717) is 5.82 Å². The van der Waals surface area contributed by atoms with Crippen LogP contribution < -0.4 is 0 Å². The molecular weight excluding hydrogens is 597 g/mol. The Bertz CT molecular complexity index is 2890. The van der Waals surface area contributed by atoms with Gasteiger partial charge in [-0.05, 0) is 73.8 Å². The molecule has 0 amide bonds. The van der Waals surface area contributed by atoms with Crippen LogP contribution in [0.5, 0.6) is 0 Å². The van der Waals surface area contributed by atoms with Gasteiger partial charge in [0, 0.05) is 27.5 Å². The van der Waals surface area contributed by atoms with E-state index in [2.05, 4.69) is 127 Å². The zero-order valence-corrected chi connectivity index (χ0v) is 26.5. The number of hydrogen-bond acceptors (Lipinski definition) is 3. The van der Waals surface area contributed by atoms with Gasteiger partial charge in [0.1, 0.15) is 11.2 Å². The van der Waals surface area contributed by atoms with Gasteiger partial charge in [0.25, 0.3) is 0 Å². The fraction of sp³-hybridized carbons (Fsp3) is 0. The molecule has 0 aliphatic carbocycles. The van der Waals surface area contributed by atoms with Crippen LogP contribution in [0.15, 0.2) is 174 Å². The minimum absolute atomic E-state index is 0.686. The summed E-state index contributed by atoms with van der Waals surface area (Å²) in [5.41, 5.74) is 8.84. The Kier molecular flexibility index (Phi) is 6.18. The Hall–Kier alpha value is -6.58. The standard InChI is InChI=1S/C46H28N2O/c1-2-13-30(14-3-1)46-47-40(28-41(48-46)37-21-11-23-43-45(37)38-20-8-9-22-42(38)49-43)32-16-10-17-33(26-32)44-35-19-7-5-15-31(35)27-39-34-18-6-4-12-29(34)24-25-36(39)44/h1-28H. The van der Waals surface area contributed by atoms with Crippen molar-refractivity contribution >= 4 is 54.3 Å². The molecular formula is C46H28N2O. The second-order valence-corrected chi connectivity index (χ2v) is 12.5. The van der Waals surface area contributed by atoms with Gasteiger partial charge in [0.05, 0.1) is 11.4 Å². The summed E-state index contributed by atoms with van der Waals surface area (Å²) >= 11 is 0. The molecule has 0 spiro atoms. The SMILES string of the molecule is c1ccc(-c2nc(-c3cccc(-c4c5ccccc5cc5c4ccc4ccccc45)c3)cc(-c3cccc4oc5ccccc5c34)n2)cc1. The van der Waals surface area contributed by atoms with Gasteiger partial charge >= 0.3 is 0 Å². The first-order chi connectivity index (χ1) is 24.3. The second-order valence-electron chi connectivity index (χ2n) is 12.5. The van der Waals surface area contributed by atoms with Crippen LogP contribution in [0.2, 0.25) is 0 Å². The molecule has 0 bridgehead atoms. The number of aromatic nitrogens is 2. The molecule has 49 heavy (non-hydrogen) atoms. The maximum Gasteiger partial charge on any atom is 0.160 e. The van der Waals surface area contributed by atoms with E-state index in [-0.39, 0.29) is 0 Å². The molecule has 228 valence electrons. The van der Waals surface area contributed by atoms with E-state index in [1.807, 2.05) is 42.5 Å². The van der Waals surface area contributed by atoms with Crippen LogP contribution in [-0.4, -0.2) is 9.97 Å². The minimum Gasteiger partial charge on any atom is -0.456 e. The largest absolute Gasteiger partial charge is 0.456 e. The van der Waals surface area contributed by atoms with Crippen molar-refractivity contribution in [3.05, 3.63) is 170 Å². The lowest BCUT2D eigenvalue weighted by Crippen LogP contribution is -1.96. The van der Waals surface area contributed by atoms with E-state index in [0.717, 1.165) is 55.6 Å². The van der Waals surface area contributed by atoms with Crippen molar-refractivity contribution in [3.63, 3.8) is 0 Å². The van der Waals surface area contributed by atoms with Crippen LogP contribution in [-0.2, 0) is 0 Å². The minimum atomic E-state index is 0.686. The summed E-state index contributed by atoms with van der Waals surface area (Å²) < 4.78 is 6.26. The van der Waals surface area contributed by atoms with Crippen molar-refractivity contribution in [1.82, 2.24) is 9.97 Å². The van der Waals surface area contributed by atoms with Gasteiger partial charge in [-0.15, -0.1) is 0 Å². The molecule has 0 saturated carbocycles. The van der Waals surface area contributed by atoms with E-state index in [4.69, 9.17) is 14.4 Å². The highest BCUT2D eigenvalue weighted by Gasteiger charge is 2.18. The Labute approximate surface area is 282 Å². The van der Waals surface area contributed by atoms with Crippen molar-refractivity contribution in [2.75, 3.05) is 0 Å². The molecule has 3 nitrogen and oxygen atoms in total. The quantitative estimate of drug-likeness (QED) is 0.144. The number of hydrogen-bond donors (Lipinski definition) is 0. The Balaban J connectivity index is 1.22. The molecule has 0 atom stereocenters. The van der Waals surface area contributed by atoms with Crippen molar-refractivity contribution in [2.24, 2.45) is 0 Å². The molecule has 10 rings (SSSR count). The summed E-state index contributed by atoms with van der Waals surface area (Å²) in [6, 6.07) is 59.8. The van der Waals surface area contributed by atoms with Crippen molar-refractivity contribution in [2.45, 2.75) is 0 Å². The van der Waals surface area contributed by atoms with Crippen LogP contribution in [0, 0.1) is 0 Å². The number of furan rings is 1. The first-order valence-corrected chi connectivity index (χ1v) is 16.6. The third-order valence-electron chi connectivity index (χ3n) is 9.65. The molecule has 0 fully saturated rings. The zero-order valence-electron chi connectivity index (χ0n) is 26.5. The molecule has 2 heterocycles. The molecule has 2 aromatic heterocycles. The predicted molar refractivity (Wildman–Crippen MR) is 204 cm³/mol. The van der Waals surface area contributed by atoms with Crippen LogP contribution in [0.1, 0.15) is 0 Å². The highest BCUT2D eigenvalue weighted by molar-refractivity contribution is 6.20. The molecule has 10 aromatic rings. The predicted octanol–water partition coefficient (Wildman–Crippen LogP) is 12.5. The maximum atomic E-state index is 6.26. The summed E-state index contributed by atoms with van der Waals surface area (Å²) in [5, 5.41) is 9.59. The normalized spacial score (nSPS) is 11.7.